The second-order valence-electron chi connectivity index (χ2n) is 7.43. The Morgan fingerprint density at radius 2 is 1.81 bits per heavy atom. The normalized spacial score (nSPS) is 15.4. The van der Waals surface area contributed by atoms with Crippen molar-refractivity contribution in [3.8, 4) is 0 Å². The van der Waals surface area contributed by atoms with Crippen molar-refractivity contribution in [2.24, 2.45) is 5.92 Å². The maximum Gasteiger partial charge on any atom is 0.261 e. The van der Waals surface area contributed by atoms with Crippen LogP contribution in [0.25, 0.3) is 10.9 Å². The molecule has 1 aliphatic rings. The smallest absolute Gasteiger partial charge is 0.261 e. The summed E-state index contributed by atoms with van der Waals surface area (Å²) in [6, 6.07) is 7.59. The van der Waals surface area contributed by atoms with Crippen molar-refractivity contribution in [1.29, 1.82) is 0 Å². The molecule has 3 aromatic rings. The summed E-state index contributed by atoms with van der Waals surface area (Å²) < 4.78 is 1.85. The Hall–Kier alpha value is -2.76. The van der Waals surface area contributed by atoms with E-state index in [9.17, 15) is 4.79 Å². The van der Waals surface area contributed by atoms with Crippen LogP contribution in [0.15, 0.2) is 35.4 Å². The Morgan fingerprint density at radius 3 is 2.59 bits per heavy atom. The van der Waals surface area contributed by atoms with Gasteiger partial charge in [-0.05, 0) is 51.7 Å². The molecule has 1 aliphatic heterocycles. The van der Waals surface area contributed by atoms with Gasteiger partial charge >= 0.3 is 0 Å². The van der Waals surface area contributed by atoms with E-state index in [1.54, 1.807) is 6.33 Å². The van der Waals surface area contributed by atoms with E-state index in [2.05, 4.69) is 26.8 Å². The topological polar surface area (TPSA) is 63.9 Å². The Balaban J connectivity index is 1.51. The molecule has 0 amide bonds. The molecule has 0 N–H and O–H groups in total. The van der Waals surface area contributed by atoms with E-state index < -0.39 is 0 Å². The number of aryl methyl sites for hydroxylation is 2. The molecule has 6 heteroatoms. The lowest BCUT2D eigenvalue weighted by Crippen LogP contribution is -2.37. The average molecular weight is 363 g/mol. The Morgan fingerprint density at radius 1 is 1.07 bits per heavy atom. The highest BCUT2D eigenvalue weighted by molar-refractivity contribution is 5.77. The van der Waals surface area contributed by atoms with Crippen LogP contribution >= 0.6 is 0 Å². The SMILES string of the molecule is Cc1ncnc(N2CCC(Cn3c(C)nc4ccccc4c3=O)CC2)c1C. The molecule has 0 aliphatic carbocycles. The van der Waals surface area contributed by atoms with Crippen molar-refractivity contribution in [2.75, 3.05) is 18.0 Å². The predicted molar refractivity (Wildman–Crippen MR) is 107 cm³/mol. The summed E-state index contributed by atoms with van der Waals surface area (Å²) in [6.07, 6.45) is 3.73. The average Bonchev–Trinajstić information content (AvgIpc) is 2.68. The largest absolute Gasteiger partial charge is 0.356 e. The zero-order valence-corrected chi connectivity index (χ0v) is 16.1. The van der Waals surface area contributed by atoms with Gasteiger partial charge in [-0.1, -0.05) is 12.1 Å². The van der Waals surface area contributed by atoms with Crippen molar-refractivity contribution in [3.63, 3.8) is 0 Å². The Bertz CT molecular complexity index is 1030. The molecule has 1 fully saturated rings. The van der Waals surface area contributed by atoms with Gasteiger partial charge in [-0.3, -0.25) is 9.36 Å². The van der Waals surface area contributed by atoms with Crippen LogP contribution in [0.1, 0.15) is 29.9 Å². The quantitative estimate of drug-likeness (QED) is 0.716. The first kappa shape index (κ1) is 17.6. The van der Waals surface area contributed by atoms with Gasteiger partial charge in [0.1, 0.15) is 18.0 Å². The van der Waals surface area contributed by atoms with Gasteiger partial charge in [-0.15, -0.1) is 0 Å². The lowest BCUT2D eigenvalue weighted by Gasteiger charge is -2.34. The lowest BCUT2D eigenvalue weighted by atomic mass is 9.96. The summed E-state index contributed by atoms with van der Waals surface area (Å²) >= 11 is 0. The number of rotatable bonds is 3. The van der Waals surface area contributed by atoms with E-state index in [0.29, 0.717) is 11.3 Å². The fourth-order valence-electron chi connectivity index (χ4n) is 3.92. The molecule has 0 saturated carbocycles. The molecular weight excluding hydrogens is 338 g/mol. The third-order valence-corrected chi connectivity index (χ3v) is 5.72. The van der Waals surface area contributed by atoms with Gasteiger partial charge < -0.3 is 4.90 Å². The van der Waals surface area contributed by atoms with Crippen molar-refractivity contribution in [1.82, 2.24) is 19.5 Å². The third kappa shape index (κ3) is 3.31. The summed E-state index contributed by atoms with van der Waals surface area (Å²) in [5.41, 5.74) is 3.04. The number of para-hydroxylation sites is 1. The van der Waals surface area contributed by atoms with Crippen molar-refractivity contribution in [3.05, 3.63) is 58.0 Å². The zero-order valence-electron chi connectivity index (χ0n) is 16.1. The minimum atomic E-state index is 0.0720. The molecule has 3 heterocycles. The molecule has 0 bridgehead atoms. The van der Waals surface area contributed by atoms with Crippen LogP contribution in [0, 0.1) is 26.7 Å². The summed E-state index contributed by atoms with van der Waals surface area (Å²) in [5, 5.41) is 0.702. The number of aromatic nitrogens is 4. The number of fused-ring (bicyclic) bond motifs is 1. The summed E-state index contributed by atoms with van der Waals surface area (Å²) in [6.45, 7) is 8.68. The zero-order chi connectivity index (χ0) is 19.0. The van der Waals surface area contributed by atoms with E-state index in [4.69, 9.17) is 0 Å². The Kier molecular flexibility index (Phi) is 4.64. The molecule has 140 valence electrons. The summed E-state index contributed by atoms with van der Waals surface area (Å²) in [4.78, 5) is 28.6. The highest BCUT2D eigenvalue weighted by Crippen LogP contribution is 2.26. The first-order valence-electron chi connectivity index (χ1n) is 9.54. The van der Waals surface area contributed by atoms with Crippen LogP contribution < -0.4 is 10.5 Å². The van der Waals surface area contributed by atoms with Crippen LogP contribution in [0.4, 0.5) is 5.82 Å². The number of nitrogens with zero attached hydrogens (tertiary/aromatic N) is 5. The predicted octanol–water partition coefficient (Wildman–Crippen LogP) is 3.03. The fourth-order valence-corrected chi connectivity index (χ4v) is 3.92. The van der Waals surface area contributed by atoms with E-state index in [1.807, 2.05) is 42.7 Å². The second kappa shape index (κ2) is 7.10. The maximum absolute atomic E-state index is 12.9. The van der Waals surface area contributed by atoms with E-state index in [0.717, 1.165) is 60.9 Å². The number of anilines is 1. The van der Waals surface area contributed by atoms with Gasteiger partial charge in [0, 0.05) is 30.9 Å². The minimum Gasteiger partial charge on any atom is -0.356 e. The van der Waals surface area contributed by atoms with Gasteiger partial charge in [-0.25, -0.2) is 15.0 Å². The molecular formula is C21H25N5O. The molecule has 27 heavy (non-hydrogen) atoms. The van der Waals surface area contributed by atoms with Crippen molar-refractivity contribution in [2.45, 2.75) is 40.2 Å². The van der Waals surface area contributed by atoms with Crippen LogP contribution in [0.3, 0.4) is 0 Å². The number of benzene rings is 1. The van der Waals surface area contributed by atoms with Gasteiger partial charge in [0.2, 0.25) is 0 Å². The summed E-state index contributed by atoms with van der Waals surface area (Å²) in [5.74, 6) is 2.31. The standard InChI is InChI=1S/C21H25N5O/c1-14-15(2)22-13-23-20(14)25-10-8-17(9-11-25)12-26-16(3)24-19-7-5-4-6-18(19)21(26)27/h4-7,13,17H,8-12H2,1-3H3. The molecule has 0 unspecified atom stereocenters. The van der Waals surface area contributed by atoms with Gasteiger partial charge in [0.05, 0.1) is 10.9 Å². The van der Waals surface area contributed by atoms with E-state index >= 15 is 0 Å². The third-order valence-electron chi connectivity index (χ3n) is 5.72. The first-order valence-corrected chi connectivity index (χ1v) is 9.54. The first-order chi connectivity index (χ1) is 13.0. The molecule has 1 saturated heterocycles. The Labute approximate surface area is 158 Å². The summed E-state index contributed by atoms with van der Waals surface area (Å²) in [7, 11) is 0. The maximum atomic E-state index is 12.9. The highest BCUT2D eigenvalue weighted by Gasteiger charge is 2.23. The van der Waals surface area contributed by atoms with E-state index in [1.165, 1.54) is 0 Å². The fraction of sp³-hybridized carbons (Fsp3) is 0.429. The molecule has 0 atom stereocenters. The monoisotopic (exact) mass is 363 g/mol. The van der Waals surface area contributed by atoms with Crippen LogP contribution in [-0.2, 0) is 6.54 Å². The molecule has 1 aromatic carbocycles. The minimum absolute atomic E-state index is 0.0720. The highest BCUT2D eigenvalue weighted by atomic mass is 16.1. The second-order valence-corrected chi connectivity index (χ2v) is 7.43. The van der Waals surface area contributed by atoms with Crippen molar-refractivity contribution < 1.29 is 0 Å². The molecule has 4 rings (SSSR count). The van der Waals surface area contributed by atoms with Crippen LogP contribution in [0.2, 0.25) is 0 Å². The van der Waals surface area contributed by atoms with Crippen LogP contribution in [-0.4, -0.2) is 32.6 Å². The number of hydrogen-bond acceptors (Lipinski definition) is 5. The number of hydrogen-bond donors (Lipinski definition) is 0. The molecule has 0 spiro atoms. The molecule has 2 aromatic heterocycles. The van der Waals surface area contributed by atoms with Gasteiger partial charge in [-0.2, -0.15) is 0 Å². The molecule has 0 radical (unpaired) electrons. The lowest BCUT2D eigenvalue weighted by molar-refractivity contribution is 0.347. The number of piperidine rings is 1. The van der Waals surface area contributed by atoms with E-state index in [-0.39, 0.29) is 5.56 Å². The molecule has 6 nitrogen and oxygen atoms in total. The van der Waals surface area contributed by atoms with Crippen LogP contribution in [0.5, 0.6) is 0 Å². The van der Waals surface area contributed by atoms with Gasteiger partial charge in [0.25, 0.3) is 5.56 Å². The van der Waals surface area contributed by atoms with Crippen molar-refractivity contribution >= 4 is 16.7 Å². The van der Waals surface area contributed by atoms with Gasteiger partial charge in [0.15, 0.2) is 0 Å².